The van der Waals surface area contributed by atoms with Gasteiger partial charge in [0.15, 0.2) is 0 Å². The predicted molar refractivity (Wildman–Crippen MR) is 73.0 cm³/mol. The van der Waals surface area contributed by atoms with Crippen LogP contribution in [0.5, 0.6) is 5.75 Å². The molecule has 0 fully saturated rings. The third-order valence-corrected chi connectivity index (χ3v) is 2.84. The van der Waals surface area contributed by atoms with Crippen molar-refractivity contribution in [3.8, 4) is 17.0 Å². The fraction of sp³-hybridized carbons (Fsp3) is 0.286. The van der Waals surface area contributed by atoms with E-state index in [4.69, 9.17) is 4.74 Å². The Kier molecular flexibility index (Phi) is 3.46. The molecule has 0 aliphatic rings. The lowest BCUT2D eigenvalue weighted by Crippen LogP contribution is -1.97. The molecule has 18 heavy (non-hydrogen) atoms. The Morgan fingerprint density at radius 1 is 1.11 bits per heavy atom. The Morgan fingerprint density at radius 3 is 2.56 bits per heavy atom. The Balaban J connectivity index is 2.62. The van der Waals surface area contributed by atoms with Crippen LogP contribution in [0.25, 0.3) is 11.3 Å². The zero-order valence-electron chi connectivity index (χ0n) is 11.1. The van der Waals surface area contributed by atoms with Crippen LogP contribution in [-0.4, -0.2) is 24.1 Å². The minimum atomic E-state index is 0.794. The molecule has 1 N–H and O–H groups in total. The topological polar surface area (TPSA) is 47.0 Å². The Morgan fingerprint density at radius 2 is 1.89 bits per heavy atom. The molecule has 0 aliphatic carbocycles. The van der Waals surface area contributed by atoms with E-state index in [-0.39, 0.29) is 0 Å². The fourth-order valence-electron chi connectivity index (χ4n) is 2.05. The van der Waals surface area contributed by atoms with Gasteiger partial charge in [0.1, 0.15) is 17.9 Å². The first-order chi connectivity index (χ1) is 8.65. The average molecular weight is 243 g/mol. The molecule has 1 aromatic heterocycles. The van der Waals surface area contributed by atoms with Gasteiger partial charge in [0.05, 0.1) is 12.8 Å². The maximum Gasteiger partial charge on any atom is 0.129 e. The van der Waals surface area contributed by atoms with Crippen LogP contribution in [0.3, 0.4) is 0 Å². The summed E-state index contributed by atoms with van der Waals surface area (Å²) in [6, 6.07) is 6.06. The van der Waals surface area contributed by atoms with E-state index in [2.05, 4.69) is 35.2 Å². The number of aromatic nitrogens is 2. The maximum absolute atomic E-state index is 5.45. The van der Waals surface area contributed by atoms with Crippen LogP contribution in [-0.2, 0) is 0 Å². The summed E-state index contributed by atoms with van der Waals surface area (Å²) in [5.41, 5.74) is 4.20. The van der Waals surface area contributed by atoms with Crippen molar-refractivity contribution in [1.29, 1.82) is 0 Å². The third kappa shape index (κ3) is 2.27. The SMILES string of the molecule is CNc1cc(-c2c(C)cc(C)cc2OC)ncn1. The second-order valence-corrected chi connectivity index (χ2v) is 4.20. The highest BCUT2D eigenvalue weighted by atomic mass is 16.5. The summed E-state index contributed by atoms with van der Waals surface area (Å²) < 4.78 is 5.45. The molecule has 4 heteroatoms. The molecule has 0 aliphatic heterocycles. The number of nitrogens with one attached hydrogen (secondary N) is 1. The zero-order chi connectivity index (χ0) is 13.1. The van der Waals surface area contributed by atoms with Gasteiger partial charge in [-0.15, -0.1) is 0 Å². The zero-order valence-corrected chi connectivity index (χ0v) is 11.1. The largest absolute Gasteiger partial charge is 0.496 e. The summed E-state index contributed by atoms with van der Waals surface area (Å²) in [6.07, 6.45) is 1.56. The lowest BCUT2D eigenvalue weighted by molar-refractivity contribution is 0.415. The summed E-state index contributed by atoms with van der Waals surface area (Å²) in [7, 11) is 3.52. The van der Waals surface area contributed by atoms with Crippen LogP contribution in [0.1, 0.15) is 11.1 Å². The Labute approximate surface area is 107 Å². The monoisotopic (exact) mass is 243 g/mol. The van der Waals surface area contributed by atoms with Crippen molar-refractivity contribution in [2.45, 2.75) is 13.8 Å². The van der Waals surface area contributed by atoms with Crippen molar-refractivity contribution in [1.82, 2.24) is 9.97 Å². The number of benzene rings is 1. The van der Waals surface area contributed by atoms with E-state index in [0.29, 0.717) is 0 Å². The summed E-state index contributed by atoms with van der Waals surface area (Å²) in [5.74, 6) is 1.63. The highest BCUT2D eigenvalue weighted by Crippen LogP contribution is 2.33. The van der Waals surface area contributed by atoms with Gasteiger partial charge in [-0.2, -0.15) is 0 Å². The first-order valence-electron chi connectivity index (χ1n) is 5.81. The Bertz CT molecular complexity index is 567. The van der Waals surface area contributed by atoms with Crippen LogP contribution >= 0.6 is 0 Å². The smallest absolute Gasteiger partial charge is 0.129 e. The van der Waals surface area contributed by atoms with E-state index in [0.717, 1.165) is 28.4 Å². The van der Waals surface area contributed by atoms with Crippen LogP contribution < -0.4 is 10.1 Å². The van der Waals surface area contributed by atoms with Crippen molar-refractivity contribution in [3.63, 3.8) is 0 Å². The standard InChI is InChI=1S/C14H17N3O/c1-9-5-10(2)14(12(6-9)18-4)11-7-13(15-3)17-8-16-11/h5-8H,1-4H3,(H,15,16,17). The van der Waals surface area contributed by atoms with Crippen molar-refractivity contribution in [3.05, 3.63) is 35.7 Å². The molecule has 4 nitrogen and oxygen atoms in total. The summed E-state index contributed by atoms with van der Waals surface area (Å²) in [4.78, 5) is 8.45. The van der Waals surface area contributed by atoms with Gasteiger partial charge in [0.25, 0.3) is 0 Å². The highest BCUT2D eigenvalue weighted by Gasteiger charge is 2.12. The number of rotatable bonds is 3. The van der Waals surface area contributed by atoms with Crippen molar-refractivity contribution >= 4 is 5.82 Å². The molecular formula is C14H17N3O. The quantitative estimate of drug-likeness (QED) is 0.900. The number of hydrogen-bond donors (Lipinski definition) is 1. The van der Waals surface area contributed by atoms with Gasteiger partial charge in [0, 0.05) is 18.7 Å². The minimum Gasteiger partial charge on any atom is -0.496 e. The first kappa shape index (κ1) is 12.4. The lowest BCUT2D eigenvalue weighted by atomic mass is 10.0. The van der Waals surface area contributed by atoms with E-state index >= 15 is 0 Å². The molecule has 1 heterocycles. The number of nitrogens with zero attached hydrogens (tertiary/aromatic N) is 2. The van der Waals surface area contributed by atoms with Crippen LogP contribution in [0.2, 0.25) is 0 Å². The third-order valence-electron chi connectivity index (χ3n) is 2.84. The molecular weight excluding hydrogens is 226 g/mol. The molecule has 0 unspecified atom stereocenters. The van der Waals surface area contributed by atoms with E-state index in [1.807, 2.05) is 19.2 Å². The van der Waals surface area contributed by atoms with Crippen molar-refractivity contribution in [2.24, 2.45) is 0 Å². The van der Waals surface area contributed by atoms with E-state index in [9.17, 15) is 0 Å². The van der Waals surface area contributed by atoms with Gasteiger partial charge < -0.3 is 10.1 Å². The minimum absolute atomic E-state index is 0.794. The molecule has 0 spiro atoms. The van der Waals surface area contributed by atoms with E-state index < -0.39 is 0 Å². The highest BCUT2D eigenvalue weighted by molar-refractivity contribution is 5.73. The number of aryl methyl sites for hydroxylation is 2. The van der Waals surface area contributed by atoms with E-state index in [1.54, 1.807) is 13.4 Å². The van der Waals surface area contributed by atoms with E-state index in [1.165, 1.54) is 5.56 Å². The number of methoxy groups -OCH3 is 1. The summed E-state index contributed by atoms with van der Waals surface area (Å²) in [6.45, 7) is 4.12. The van der Waals surface area contributed by atoms with Gasteiger partial charge in [-0.05, 0) is 31.0 Å². The first-order valence-corrected chi connectivity index (χ1v) is 5.81. The molecule has 1 aromatic carbocycles. The van der Waals surface area contributed by atoms with Gasteiger partial charge in [-0.1, -0.05) is 6.07 Å². The van der Waals surface area contributed by atoms with Gasteiger partial charge in [-0.3, -0.25) is 0 Å². The number of ether oxygens (including phenoxy) is 1. The lowest BCUT2D eigenvalue weighted by Gasteiger charge is -2.13. The predicted octanol–water partition coefficient (Wildman–Crippen LogP) is 2.81. The van der Waals surface area contributed by atoms with Crippen molar-refractivity contribution < 1.29 is 4.74 Å². The fourth-order valence-corrected chi connectivity index (χ4v) is 2.05. The molecule has 0 radical (unpaired) electrons. The number of anilines is 1. The second kappa shape index (κ2) is 5.04. The molecule has 0 atom stereocenters. The molecule has 0 saturated heterocycles. The van der Waals surface area contributed by atoms with Crippen LogP contribution in [0.4, 0.5) is 5.82 Å². The molecule has 2 rings (SSSR count). The van der Waals surface area contributed by atoms with Gasteiger partial charge >= 0.3 is 0 Å². The molecule has 0 bridgehead atoms. The molecule has 0 amide bonds. The number of hydrogen-bond acceptors (Lipinski definition) is 4. The molecule has 0 saturated carbocycles. The molecule has 94 valence electrons. The van der Waals surface area contributed by atoms with Crippen LogP contribution in [0.15, 0.2) is 24.5 Å². The Hall–Kier alpha value is -2.10. The van der Waals surface area contributed by atoms with Gasteiger partial charge in [-0.25, -0.2) is 9.97 Å². The van der Waals surface area contributed by atoms with Gasteiger partial charge in [0.2, 0.25) is 0 Å². The normalized spacial score (nSPS) is 10.2. The summed E-state index contributed by atoms with van der Waals surface area (Å²) >= 11 is 0. The van der Waals surface area contributed by atoms with Crippen LogP contribution in [0, 0.1) is 13.8 Å². The second-order valence-electron chi connectivity index (χ2n) is 4.20. The summed E-state index contributed by atoms with van der Waals surface area (Å²) in [5, 5.41) is 3.01. The van der Waals surface area contributed by atoms with Crippen molar-refractivity contribution in [2.75, 3.05) is 19.5 Å². The average Bonchev–Trinajstić information content (AvgIpc) is 2.37. The molecule has 2 aromatic rings. The maximum atomic E-state index is 5.45.